The molecule has 0 radical (unpaired) electrons. The van der Waals surface area contributed by atoms with Gasteiger partial charge in [0.05, 0.1) is 12.0 Å². The summed E-state index contributed by atoms with van der Waals surface area (Å²) in [5.74, 6) is 0.175. The van der Waals surface area contributed by atoms with Gasteiger partial charge in [0.1, 0.15) is 0 Å². The van der Waals surface area contributed by atoms with Crippen LogP contribution in [0.15, 0.2) is 30.3 Å². The molecule has 2 fully saturated rings. The van der Waals surface area contributed by atoms with E-state index in [1.165, 1.54) is 0 Å². The molecule has 3 rings (SSSR count). The number of likely N-dealkylation sites (tertiary alicyclic amines) is 2. The van der Waals surface area contributed by atoms with Crippen LogP contribution in [0.25, 0.3) is 0 Å². The van der Waals surface area contributed by atoms with Gasteiger partial charge in [-0.1, -0.05) is 30.3 Å². The molecule has 1 aromatic carbocycles. The van der Waals surface area contributed by atoms with E-state index in [0.29, 0.717) is 18.9 Å². The number of piperidine rings is 2. The van der Waals surface area contributed by atoms with Crippen molar-refractivity contribution in [1.82, 2.24) is 15.1 Å². The van der Waals surface area contributed by atoms with Crippen LogP contribution in [0.3, 0.4) is 0 Å². The third-order valence-corrected chi connectivity index (χ3v) is 5.46. The normalized spacial score (nSPS) is 28.1. The minimum Gasteiger partial charge on any atom is -0.341 e. The number of rotatable bonds is 3. The molecule has 2 heterocycles. The van der Waals surface area contributed by atoms with Gasteiger partial charge in [0.25, 0.3) is 0 Å². The maximum atomic E-state index is 13.2. The second kappa shape index (κ2) is 7.34. The Morgan fingerprint density at radius 3 is 2.67 bits per heavy atom. The zero-order valence-corrected chi connectivity index (χ0v) is 14.6. The Morgan fingerprint density at radius 1 is 1.21 bits per heavy atom. The maximum Gasteiger partial charge on any atom is 0.228 e. The number of amides is 2. The zero-order valence-electron chi connectivity index (χ0n) is 14.6. The third kappa shape index (κ3) is 3.31. The van der Waals surface area contributed by atoms with Crippen molar-refractivity contribution in [2.45, 2.75) is 37.8 Å². The molecule has 2 aliphatic rings. The van der Waals surface area contributed by atoms with Crippen LogP contribution >= 0.6 is 0 Å². The lowest BCUT2D eigenvalue weighted by atomic mass is 9.83. The molecule has 2 amide bonds. The number of nitrogens with zero attached hydrogens (tertiary/aromatic N) is 2. The molecule has 1 N–H and O–H groups in total. The van der Waals surface area contributed by atoms with Gasteiger partial charge in [0, 0.05) is 32.6 Å². The van der Waals surface area contributed by atoms with Crippen LogP contribution in [0.2, 0.25) is 0 Å². The Balaban J connectivity index is 1.83. The van der Waals surface area contributed by atoms with Gasteiger partial charge in [0.2, 0.25) is 11.8 Å². The first-order valence-corrected chi connectivity index (χ1v) is 8.88. The van der Waals surface area contributed by atoms with Gasteiger partial charge in [-0.15, -0.1) is 0 Å². The van der Waals surface area contributed by atoms with Crippen LogP contribution in [0.4, 0.5) is 0 Å². The Kier molecular flexibility index (Phi) is 5.19. The van der Waals surface area contributed by atoms with E-state index < -0.39 is 0 Å². The maximum absolute atomic E-state index is 13.2. The van der Waals surface area contributed by atoms with Crippen LogP contribution in [-0.4, -0.2) is 54.8 Å². The van der Waals surface area contributed by atoms with Crippen molar-refractivity contribution in [2.75, 3.05) is 27.2 Å². The van der Waals surface area contributed by atoms with Gasteiger partial charge in [-0.3, -0.25) is 9.59 Å². The molecule has 5 nitrogen and oxygen atoms in total. The van der Waals surface area contributed by atoms with Crippen molar-refractivity contribution in [3.8, 4) is 0 Å². The Labute approximate surface area is 144 Å². The summed E-state index contributed by atoms with van der Waals surface area (Å²) in [4.78, 5) is 29.2. The SMILES string of the molecule is CNC1CCCN(C(=O)C2CCC(=O)N(C)C2c2ccccc2)C1. The second-order valence-corrected chi connectivity index (χ2v) is 6.92. The summed E-state index contributed by atoms with van der Waals surface area (Å²) in [6, 6.07) is 10.2. The zero-order chi connectivity index (χ0) is 17.1. The first-order valence-electron chi connectivity index (χ1n) is 8.88. The molecule has 0 saturated carbocycles. The minimum atomic E-state index is -0.157. The summed E-state index contributed by atoms with van der Waals surface area (Å²) in [6.45, 7) is 1.59. The molecule has 24 heavy (non-hydrogen) atoms. The molecular weight excluding hydrogens is 302 g/mol. The summed E-state index contributed by atoms with van der Waals surface area (Å²) in [5, 5.41) is 3.29. The van der Waals surface area contributed by atoms with Crippen molar-refractivity contribution in [2.24, 2.45) is 5.92 Å². The van der Waals surface area contributed by atoms with E-state index in [-0.39, 0.29) is 23.8 Å². The van der Waals surface area contributed by atoms with Crippen LogP contribution in [0.1, 0.15) is 37.3 Å². The Morgan fingerprint density at radius 2 is 1.96 bits per heavy atom. The van der Waals surface area contributed by atoms with Gasteiger partial charge in [-0.2, -0.15) is 0 Å². The lowest BCUT2D eigenvalue weighted by Gasteiger charge is -2.42. The van der Waals surface area contributed by atoms with E-state index in [0.717, 1.165) is 31.5 Å². The fourth-order valence-electron chi connectivity index (χ4n) is 4.05. The molecule has 130 valence electrons. The van der Waals surface area contributed by atoms with E-state index >= 15 is 0 Å². The highest BCUT2D eigenvalue weighted by molar-refractivity contribution is 5.85. The van der Waals surface area contributed by atoms with Gasteiger partial charge < -0.3 is 15.1 Å². The molecule has 0 aromatic heterocycles. The standard InChI is InChI=1S/C19H27N3O2/c1-20-15-9-6-12-22(13-15)19(24)16-10-11-17(23)21(2)18(16)14-7-4-3-5-8-14/h3-5,7-8,15-16,18,20H,6,9-13H2,1-2H3. The molecule has 3 unspecified atom stereocenters. The third-order valence-electron chi connectivity index (χ3n) is 5.46. The van der Waals surface area contributed by atoms with Crippen LogP contribution in [-0.2, 0) is 9.59 Å². The lowest BCUT2D eigenvalue weighted by molar-refractivity contribution is -0.147. The van der Waals surface area contributed by atoms with Crippen LogP contribution < -0.4 is 5.32 Å². The molecular formula is C19H27N3O2. The van der Waals surface area contributed by atoms with Crippen molar-refractivity contribution < 1.29 is 9.59 Å². The monoisotopic (exact) mass is 329 g/mol. The number of hydrogen-bond acceptors (Lipinski definition) is 3. The highest BCUT2D eigenvalue weighted by atomic mass is 16.2. The summed E-state index contributed by atoms with van der Waals surface area (Å²) in [7, 11) is 3.78. The van der Waals surface area contributed by atoms with Crippen LogP contribution in [0.5, 0.6) is 0 Å². The lowest BCUT2D eigenvalue weighted by Crippen LogP contribution is -2.52. The predicted molar refractivity (Wildman–Crippen MR) is 93.3 cm³/mol. The highest BCUT2D eigenvalue weighted by Gasteiger charge is 2.41. The molecule has 2 saturated heterocycles. The van der Waals surface area contributed by atoms with E-state index in [4.69, 9.17) is 0 Å². The number of benzene rings is 1. The molecule has 3 atom stereocenters. The fourth-order valence-corrected chi connectivity index (χ4v) is 4.05. The molecule has 0 aliphatic carbocycles. The Bertz CT molecular complexity index is 590. The number of nitrogens with one attached hydrogen (secondary N) is 1. The Hall–Kier alpha value is -1.88. The van der Waals surface area contributed by atoms with E-state index in [2.05, 4.69) is 5.32 Å². The van der Waals surface area contributed by atoms with E-state index in [9.17, 15) is 9.59 Å². The predicted octanol–water partition coefficient (Wildman–Crippen LogP) is 1.81. The number of carbonyl (C=O) groups is 2. The summed E-state index contributed by atoms with van der Waals surface area (Å²) in [5.41, 5.74) is 1.05. The average Bonchev–Trinajstić information content (AvgIpc) is 2.64. The number of carbonyl (C=O) groups excluding carboxylic acids is 2. The first-order chi connectivity index (χ1) is 11.6. The summed E-state index contributed by atoms with van der Waals surface area (Å²) >= 11 is 0. The summed E-state index contributed by atoms with van der Waals surface area (Å²) in [6.07, 6.45) is 3.25. The minimum absolute atomic E-state index is 0.125. The van der Waals surface area contributed by atoms with E-state index in [1.807, 2.05) is 49.3 Å². The van der Waals surface area contributed by atoms with Crippen molar-refractivity contribution in [1.29, 1.82) is 0 Å². The topological polar surface area (TPSA) is 52.7 Å². The van der Waals surface area contributed by atoms with Crippen LogP contribution in [0, 0.1) is 5.92 Å². The second-order valence-electron chi connectivity index (χ2n) is 6.92. The van der Waals surface area contributed by atoms with Gasteiger partial charge in [-0.05, 0) is 31.9 Å². The smallest absolute Gasteiger partial charge is 0.228 e. The number of hydrogen-bond donors (Lipinski definition) is 1. The number of likely N-dealkylation sites (N-methyl/N-ethyl adjacent to an activating group) is 1. The first kappa shape index (κ1) is 17.0. The highest BCUT2D eigenvalue weighted by Crippen LogP contribution is 2.37. The van der Waals surface area contributed by atoms with Crippen molar-refractivity contribution >= 4 is 11.8 Å². The fraction of sp³-hybridized carbons (Fsp3) is 0.579. The van der Waals surface area contributed by atoms with Crippen molar-refractivity contribution in [3.05, 3.63) is 35.9 Å². The molecule has 1 aromatic rings. The largest absolute Gasteiger partial charge is 0.341 e. The molecule has 0 bridgehead atoms. The van der Waals surface area contributed by atoms with Crippen molar-refractivity contribution in [3.63, 3.8) is 0 Å². The average molecular weight is 329 g/mol. The molecule has 0 spiro atoms. The summed E-state index contributed by atoms with van der Waals surface area (Å²) < 4.78 is 0. The quantitative estimate of drug-likeness (QED) is 0.920. The molecule has 5 heteroatoms. The van der Waals surface area contributed by atoms with E-state index in [1.54, 1.807) is 4.90 Å². The molecule has 2 aliphatic heterocycles. The van der Waals surface area contributed by atoms with Gasteiger partial charge in [0.15, 0.2) is 0 Å². The van der Waals surface area contributed by atoms with Gasteiger partial charge in [-0.25, -0.2) is 0 Å². The van der Waals surface area contributed by atoms with Gasteiger partial charge >= 0.3 is 0 Å².